The Bertz CT molecular complexity index is 1200. The van der Waals surface area contributed by atoms with E-state index in [-0.39, 0.29) is 27.6 Å². The predicted octanol–water partition coefficient (Wildman–Crippen LogP) is 3.66. The summed E-state index contributed by atoms with van der Waals surface area (Å²) in [6.07, 6.45) is 0. The van der Waals surface area contributed by atoms with E-state index >= 15 is 0 Å². The molecule has 0 unspecified atom stereocenters. The maximum Gasteiger partial charge on any atom is 0.270 e. The molecule has 3 aromatic rings. The third-order valence-corrected chi connectivity index (χ3v) is 5.44. The average molecular weight is 427 g/mol. The number of methoxy groups -OCH3 is 1. The molecule has 0 heterocycles. The first kappa shape index (κ1) is 20.8. The van der Waals surface area contributed by atoms with E-state index in [4.69, 9.17) is 4.74 Å². The van der Waals surface area contributed by atoms with E-state index in [1.807, 2.05) is 6.07 Å². The van der Waals surface area contributed by atoms with Crippen molar-refractivity contribution in [3.8, 4) is 5.75 Å². The van der Waals surface area contributed by atoms with Gasteiger partial charge in [-0.2, -0.15) is 0 Å². The number of rotatable bonds is 7. The number of nitro groups is 1. The summed E-state index contributed by atoms with van der Waals surface area (Å²) in [4.78, 5) is 22.5. The Balaban J connectivity index is 1.91. The molecule has 0 aliphatic rings. The number of nitrogens with one attached hydrogen (secondary N) is 2. The second-order valence-corrected chi connectivity index (χ2v) is 7.78. The number of sulfonamides is 1. The van der Waals surface area contributed by atoms with Gasteiger partial charge in [-0.1, -0.05) is 24.3 Å². The highest BCUT2D eigenvalue weighted by molar-refractivity contribution is 7.92. The smallest absolute Gasteiger partial charge is 0.270 e. The molecule has 0 aliphatic carbocycles. The van der Waals surface area contributed by atoms with Gasteiger partial charge in [-0.05, 0) is 36.4 Å². The number of nitro benzene ring substituents is 1. The first-order chi connectivity index (χ1) is 14.3. The van der Waals surface area contributed by atoms with Gasteiger partial charge in [0.1, 0.15) is 5.75 Å². The molecule has 9 nitrogen and oxygen atoms in total. The molecule has 0 spiro atoms. The van der Waals surface area contributed by atoms with Crippen LogP contribution >= 0.6 is 0 Å². The average Bonchev–Trinajstić information content (AvgIpc) is 2.74. The number of nitrogens with zero attached hydrogens (tertiary/aromatic N) is 1. The van der Waals surface area contributed by atoms with Crippen molar-refractivity contribution in [2.24, 2.45) is 0 Å². The Hall–Kier alpha value is -3.92. The van der Waals surface area contributed by atoms with Gasteiger partial charge in [0.05, 0.1) is 22.6 Å². The maximum atomic E-state index is 12.7. The second-order valence-electron chi connectivity index (χ2n) is 6.10. The zero-order valence-corrected chi connectivity index (χ0v) is 16.5. The summed E-state index contributed by atoms with van der Waals surface area (Å²) in [5, 5.41) is 13.6. The van der Waals surface area contributed by atoms with Crippen LogP contribution in [-0.2, 0) is 10.0 Å². The number of hydrogen-bond acceptors (Lipinski definition) is 6. The standard InChI is InChI=1S/C20H17N3O6S/c1-29-19-11-10-14(20(24)21-15-6-3-2-4-7-15)12-18(19)22-30(27,28)17-9-5-8-16(13-17)23(25)26/h2-13,22H,1H3,(H,21,24). The monoisotopic (exact) mass is 427 g/mol. The summed E-state index contributed by atoms with van der Waals surface area (Å²) in [6, 6.07) is 17.7. The summed E-state index contributed by atoms with van der Waals surface area (Å²) < 4.78 is 33.0. The quantitative estimate of drug-likeness (QED) is 0.437. The van der Waals surface area contributed by atoms with E-state index in [1.165, 1.54) is 43.5 Å². The van der Waals surface area contributed by atoms with Gasteiger partial charge < -0.3 is 10.1 Å². The highest BCUT2D eigenvalue weighted by atomic mass is 32.2. The lowest BCUT2D eigenvalue weighted by Crippen LogP contribution is -2.16. The van der Waals surface area contributed by atoms with Gasteiger partial charge in [0, 0.05) is 23.4 Å². The van der Waals surface area contributed by atoms with Crippen LogP contribution < -0.4 is 14.8 Å². The van der Waals surface area contributed by atoms with Crippen LogP contribution in [0.5, 0.6) is 5.75 Å². The number of ether oxygens (including phenoxy) is 1. The summed E-state index contributed by atoms with van der Waals surface area (Å²) in [5.74, 6) is -0.264. The Morgan fingerprint density at radius 3 is 2.40 bits per heavy atom. The fourth-order valence-electron chi connectivity index (χ4n) is 2.62. The number of carbonyl (C=O) groups is 1. The molecule has 0 saturated carbocycles. The van der Waals surface area contributed by atoms with Crippen LogP contribution in [0.3, 0.4) is 0 Å². The molecule has 3 aromatic carbocycles. The Morgan fingerprint density at radius 1 is 1.00 bits per heavy atom. The largest absolute Gasteiger partial charge is 0.495 e. The van der Waals surface area contributed by atoms with Crippen LogP contribution in [0.1, 0.15) is 10.4 Å². The summed E-state index contributed by atoms with van der Waals surface area (Å²) >= 11 is 0. The van der Waals surface area contributed by atoms with E-state index in [9.17, 15) is 23.3 Å². The molecule has 154 valence electrons. The number of anilines is 2. The molecular formula is C20H17N3O6S. The minimum atomic E-state index is -4.17. The third kappa shape index (κ3) is 4.73. The zero-order chi connectivity index (χ0) is 21.7. The minimum Gasteiger partial charge on any atom is -0.495 e. The highest BCUT2D eigenvalue weighted by Gasteiger charge is 2.20. The Morgan fingerprint density at radius 2 is 1.73 bits per heavy atom. The Kier molecular flexibility index (Phi) is 5.98. The fourth-order valence-corrected chi connectivity index (χ4v) is 3.72. The van der Waals surface area contributed by atoms with Gasteiger partial charge in [-0.25, -0.2) is 8.42 Å². The summed E-state index contributed by atoms with van der Waals surface area (Å²) in [7, 11) is -2.82. The number of carbonyl (C=O) groups excluding carboxylic acids is 1. The van der Waals surface area contributed by atoms with Crippen LogP contribution in [0.4, 0.5) is 17.1 Å². The molecule has 10 heteroatoms. The molecule has 0 fully saturated rings. The van der Waals surface area contributed by atoms with Crippen molar-refractivity contribution in [2.75, 3.05) is 17.1 Å². The molecule has 2 N–H and O–H groups in total. The topological polar surface area (TPSA) is 128 Å². The number of para-hydroxylation sites is 1. The summed E-state index contributed by atoms with van der Waals surface area (Å²) in [5.41, 5.74) is 0.430. The van der Waals surface area contributed by atoms with Crippen molar-refractivity contribution < 1.29 is 22.9 Å². The van der Waals surface area contributed by atoms with Crippen LogP contribution in [0.15, 0.2) is 77.7 Å². The normalized spacial score (nSPS) is 10.8. The summed E-state index contributed by atoms with van der Waals surface area (Å²) in [6.45, 7) is 0. The molecule has 0 aromatic heterocycles. The molecule has 0 bridgehead atoms. The van der Waals surface area contributed by atoms with Gasteiger partial charge in [-0.3, -0.25) is 19.6 Å². The molecule has 30 heavy (non-hydrogen) atoms. The van der Waals surface area contributed by atoms with E-state index in [0.29, 0.717) is 5.69 Å². The van der Waals surface area contributed by atoms with E-state index in [1.54, 1.807) is 24.3 Å². The predicted molar refractivity (Wildman–Crippen MR) is 111 cm³/mol. The molecular weight excluding hydrogens is 410 g/mol. The lowest BCUT2D eigenvalue weighted by Gasteiger charge is -2.13. The molecule has 0 saturated heterocycles. The number of amides is 1. The third-order valence-electron chi connectivity index (χ3n) is 4.08. The van der Waals surface area contributed by atoms with Gasteiger partial charge in [0.25, 0.3) is 21.6 Å². The van der Waals surface area contributed by atoms with Gasteiger partial charge in [-0.15, -0.1) is 0 Å². The van der Waals surface area contributed by atoms with Crippen LogP contribution in [0.2, 0.25) is 0 Å². The first-order valence-electron chi connectivity index (χ1n) is 8.62. The maximum absolute atomic E-state index is 12.7. The van der Waals surface area contributed by atoms with Crippen molar-refractivity contribution in [1.82, 2.24) is 0 Å². The second kappa shape index (κ2) is 8.62. The van der Waals surface area contributed by atoms with Gasteiger partial charge in [0.2, 0.25) is 0 Å². The van der Waals surface area contributed by atoms with Gasteiger partial charge >= 0.3 is 0 Å². The molecule has 0 aliphatic heterocycles. The van der Waals surface area contributed by atoms with Crippen LogP contribution in [0.25, 0.3) is 0 Å². The first-order valence-corrected chi connectivity index (χ1v) is 10.1. The van der Waals surface area contributed by atoms with E-state index in [2.05, 4.69) is 10.0 Å². The molecule has 3 rings (SSSR count). The van der Waals surface area contributed by atoms with Crippen molar-refractivity contribution >= 4 is 33.0 Å². The molecule has 0 radical (unpaired) electrons. The lowest BCUT2D eigenvalue weighted by molar-refractivity contribution is -0.385. The Labute approximate surface area is 172 Å². The lowest BCUT2D eigenvalue weighted by atomic mass is 10.1. The molecule has 0 atom stereocenters. The van der Waals surface area contributed by atoms with E-state index < -0.39 is 20.9 Å². The highest BCUT2D eigenvalue weighted by Crippen LogP contribution is 2.29. The van der Waals surface area contributed by atoms with E-state index in [0.717, 1.165) is 6.07 Å². The van der Waals surface area contributed by atoms with Crippen molar-refractivity contribution in [1.29, 1.82) is 0 Å². The number of non-ortho nitro benzene ring substituents is 1. The fraction of sp³-hybridized carbons (Fsp3) is 0.0500. The van der Waals surface area contributed by atoms with Gasteiger partial charge in [0.15, 0.2) is 0 Å². The van der Waals surface area contributed by atoms with Crippen LogP contribution in [0, 0.1) is 10.1 Å². The number of benzene rings is 3. The SMILES string of the molecule is COc1ccc(C(=O)Nc2ccccc2)cc1NS(=O)(=O)c1cccc([N+](=O)[O-])c1. The minimum absolute atomic E-state index is 0.0183. The van der Waals surface area contributed by atoms with Crippen molar-refractivity contribution in [2.45, 2.75) is 4.90 Å². The zero-order valence-electron chi connectivity index (χ0n) is 15.7. The number of hydrogen-bond donors (Lipinski definition) is 2. The molecule has 1 amide bonds. The van der Waals surface area contributed by atoms with Crippen molar-refractivity contribution in [3.05, 3.63) is 88.5 Å². The van der Waals surface area contributed by atoms with Crippen LogP contribution in [-0.4, -0.2) is 26.4 Å². The van der Waals surface area contributed by atoms with Crippen molar-refractivity contribution in [3.63, 3.8) is 0 Å².